The van der Waals surface area contributed by atoms with E-state index in [1.165, 1.54) is 31.2 Å². The molecule has 1 unspecified atom stereocenters. The van der Waals surface area contributed by atoms with Gasteiger partial charge in [0, 0.05) is 18.4 Å². The molecule has 1 rings (SSSR count). The van der Waals surface area contributed by atoms with Crippen LogP contribution < -0.4 is 5.32 Å². The maximum atomic E-state index is 4.19. The summed E-state index contributed by atoms with van der Waals surface area (Å²) in [5, 5.41) is 3.72. The molecule has 1 aromatic rings. The van der Waals surface area contributed by atoms with Crippen molar-refractivity contribution in [3.8, 4) is 0 Å². The van der Waals surface area contributed by atoms with E-state index in [-0.39, 0.29) is 0 Å². The molecule has 0 spiro atoms. The first-order valence-electron chi connectivity index (χ1n) is 7.44. The molecule has 0 aliphatic rings. The highest BCUT2D eigenvalue weighted by atomic mass is 14.9. The van der Waals surface area contributed by atoms with E-state index in [0.29, 0.717) is 6.04 Å². The minimum atomic E-state index is 0.653. The molecule has 18 heavy (non-hydrogen) atoms. The number of hydrogen-bond donors (Lipinski definition) is 1. The Hall–Kier alpha value is -0.890. The standard InChI is InChI=1S/C16H28N2/c1-4-11-18-16(15(5-2)6-3)10-9-14-8-7-12-17-13-14/h7-8,12-13,15-16,18H,4-6,9-11H2,1-3H3. The molecule has 1 aromatic heterocycles. The van der Waals surface area contributed by atoms with Crippen molar-refractivity contribution in [1.82, 2.24) is 10.3 Å². The van der Waals surface area contributed by atoms with E-state index in [0.717, 1.165) is 18.9 Å². The van der Waals surface area contributed by atoms with E-state index in [1.807, 2.05) is 18.5 Å². The van der Waals surface area contributed by atoms with Crippen molar-refractivity contribution < 1.29 is 0 Å². The first-order valence-corrected chi connectivity index (χ1v) is 7.44. The van der Waals surface area contributed by atoms with Gasteiger partial charge in [0.2, 0.25) is 0 Å². The van der Waals surface area contributed by atoms with Crippen LogP contribution in [0.3, 0.4) is 0 Å². The first kappa shape index (κ1) is 15.2. The van der Waals surface area contributed by atoms with Gasteiger partial charge in [-0.1, -0.05) is 39.7 Å². The molecular formula is C16H28N2. The van der Waals surface area contributed by atoms with Crippen LogP contribution in [-0.2, 0) is 6.42 Å². The average Bonchev–Trinajstić information content (AvgIpc) is 2.43. The van der Waals surface area contributed by atoms with Crippen molar-refractivity contribution in [3.63, 3.8) is 0 Å². The van der Waals surface area contributed by atoms with Gasteiger partial charge in [-0.15, -0.1) is 0 Å². The Morgan fingerprint density at radius 2 is 2.00 bits per heavy atom. The van der Waals surface area contributed by atoms with E-state index in [2.05, 4.69) is 37.1 Å². The molecule has 0 radical (unpaired) electrons. The molecule has 1 heterocycles. The monoisotopic (exact) mass is 248 g/mol. The minimum Gasteiger partial charge on any atom is -0.314 e. The second-order valence-electron chi connectivity index (χ2n) is 5.04. The minimum absolute atomic E-state index is 0.653. The lowest BCUT2D eigenvalue weighted by molar-refractivity contribution is 0.318. The summed E-state index contributed by atoms with van der Waals surface area (Å²) >= 11 is 0. The van der Waals surface area contributed by atoms with Crippen LogP contribution in [0.15, 0.2) is 24.5 Å². The van der Waals surface area contributed by atoms with Gasteiger partial charge in [-0.25, -0.2) is 0 Å². The van der Waals surface area contributed by atoms with Gasteiger partial charge in [-0.3, -0.25) is 4.98 Å². The van der Waals surface area contributed by atoms with Crippen molar-refractivity contribution in [2.45, 2.75) is 58.9 Å². The summed E-state index contributed by atoms with van der Waals surface area (Å²) in [6, 6.07) is 4.86. The zero-order valence-electron chi connectivity index (χ0n) is 12.2. The largest absolute Gasteiger partial charge is 0.314 e. The lowest BCUT2D eigenvalue weighted by Gasteiger charge is -2.26. The van der Waals surface area contributed by atoms with E-state index >= 15 is 0 Å². The highest BCUT2D eigenvalue weighted by molar-refractivity contribution is 5.08. The summed E-state index contributed by atoms with van der Waals surface area (Å²) in [4.78, 5) is 4.19. The topological polar surface area (TPSA) is 24.9 Å². The van der Waals surface area contributed by atoms with Crippen LogP contribution in [0.2, 0.25) is 0 Å². The third-order valence-electron chi connectivity index (χ3n) is 3.74. The fourth-order valence-electron chi connectivity index (χ4n) is 2.56. The number of aryl methyl sites for hydroxylation is 1. The molecule has 2 nitrogen and oxygen atoms in total. The Kier molecular flexibility index (Phi) is 7.66. The van der Waals surface area contributed by atoms with E-state index in [9.17, 15) is 0 Å². The van der Waals surface area contributed by atoms with E-state index in [4.69, 9.17) is 0 Å². The van der Waals surface area contributed by atoms with Crippen LogP contribution in [0.25, 0.3) is 0 Å². The third kappa shape index (κ3) is 5.18. The summed E-state index contributed by atoms with van der Waals surface area (Å²) < 4.78 is 0. The van der Waals surface area contributed by atoms with Crippen LogP contribution >= 0.6 is 0 Å². The molecule has 0 saturated heterocycles. The van der Waals surface area contributed by atoms with Gasteiger partial charge in [-0.05, 0) is 43.4 Å². The highest BCUT2D eigenvalue weighted by Gasteiger charge is 2.17. The number of nitrogens with one attached hydrogen (secondary N) is 1. The number of rotatable bonds is 9. The SMILES string of the molecule is CCCNC(CCc1cccnc1)C(CC)CC. The molecule has 0 bridgehead atoms. The average molecular weight is 248 g/mol. The first-order chi connectivity index (χ1) is 8.81. The van der Waals surface area contributed by atoms with Crippen molar-refractivity contribution in [2.24, 2.45) is 5.92 Å². The Bertz CT molecular complexity index is 293. The second-order valence-corrected chi connectivity index (χ2v) is 5.04. The summed E-state index contributed by atoms with van der Waals surface area (Å²) in [6.07, 6.45) is 9.93. The molecule has 0 fully saturated rings. The Morgan fingerprint density at radius 1 is 1.22 bits per heavy atom. The van der Waals surface area contributed by atoms with Crippen molar-refractivity contribution >= 4 is 0 Å². The van der Waals surface area contributed by atoms with Crippen LogP contribution in [0, 0.1) is 5.92 Å². The zero-order valence-corrected chi connectivity index (χ0v) is 12.2. The number of nitrogens with zero attached hydrogens (tertiary/aromatic N) is 1. The van der Waals surface area contributed by atoms with Crippen molar-refractivity contribution in [3.05, 3.63) is 30.1 Å². The maximum absolute atomic E-state index is 4.19. The predicted octanol–water partition coefficient (Wildman–Crippen LogP) is 3.82. The third-order valence-corrected chi connectivity index (χ3v) is 3.74. The molecule has 0 aliphatic heterocycles. The normalized spacial score (nSPS) is 12.9. The Morgan fingerprint density at radius 3 is 2.56 bits per heavy atom. The molecule has 1 N–H and O–H groups in total. The number of aromatic nitrogens is 1. The fraction of sp³-hybridized carbons (Fsp3) is 0.688. The quantitative estimate of drug-likeness (QED) is 0.718. The molecule has 0 saturated carbocycles. The molecule has 1 atom stereocenters. The Balaban J connectivity index is 2.49. The molecule has 0 amide bonds. The predicted molar refractivity (Wildman–Crippen MR) is 78.7 cm³/mol. The van der Waals surface area contributed by atoms with Gasteiger partial charge in [0.25, 0.3) is 0 Å². The van der Waals surface area contributed by atoms with E-state index < -0.39 is 0 Å². The van der Waals surface area contributed by atoms with Gasteiger partial charge in [0.05, 0.1) is 0 Å². The zero-order chi connectivity index (χ0) is 13.2. The van der Waals surface area contributed by atoms with Gasteiger partial charge in [0.15, 0.2) is 0 Å². The molecule has 2 heteroatoms. The van der Waals surface area contributed by atoms with Crippen molar-refractivity contribution in [2.75, 3.05) is 6.54 Å². The fourth-order valence-corrected chi connectivity index (χ4v) is 2.56. The second kappa shape index (κ2) is 9.09. The summed E-state index contributed by atoms with van der Waals surface area (Å²) in [6.45, 7) is 7.98. The Labute approximate surface area is 112 Å². The lowest BCUT2D eigenvalue weighted by atomic mass is 9.90. The van der Waals surface area contributed by atoms with Crippen LogP contribution in [-0.4, -0.2) is 17.6 Å². The molecule has 102 valence electrons. The summed E-state index contributed by atoms with van der Waals surface area (Å²) in [7, 11) is 0. The van der Waals surface area contributed by atoms with Crippen molar-refractivity contribution in [1.29, 1.82) is 0 Å². The summed E-state index contributed by atoms with van der Waals surface area (Å²) in [5.41, 5.74) is 1.35. The van der Waals surface area contributed by atoms with Crippen LogP contribution in [0.1, 0.15) is 52.0 Å². The molecular weight excluding hydrogens is 220 g/mol. The molecule has 0 aromatic carbocycles. The number of pyridine rings is 1. The van der Waals surface area contributed by atoms with Gasteiger partial charge in [-0.2, -0.15) is 0 Å². The number of hydrogen-bond acceptors (Lipinski definition) is 2. The van der Waals surface area contributed by atoms with Crippen LogP contribution in [0.4, 0.5) is 0 Å². The highest BCUT2D eigenvalue weighted by Crippen LogP contribution is 2.18. The molecule has 0 aliphatic carbocycles. The van der Waals surface area contributed by atoms with Gasteiger partial charge in [0.1, 0.15) is 0 Å². The smallest absolute Gasteiger partial charge is 0.0299 e. The van der Waals surface area contributed by atoms with Crippen LogP contribution in [0.5, 0.6) is 0 Å². The maximum Gasteiger partial charge on any atom is 0.0299 e. The van der Waals surface area contributed by atoms with E-state index in [1.54, 1.807) is 0 Å². The van der Waals surface area contributed by atoms with Gasteiger partial charge < -0.3 is 5.32 Å². The van der Waals surface area contributed by atoms with Gasteiger partial charge >= 0.3 is 0 Å². The lowest BCUT2D eigenvalue weighted by Crippen LogP contribution is -2.36. The summed E-state index contributed by atoms with van der Waals surface area (Å²) in [5.74, 6) is 0.799.